The Hall–Kier alpha value is -3.34. The van der Waals surface area contributed by atoms with Gasteiger partial charge in [-0.25, -0.2) is 4.98 Å². The van der Waals surface area contributed by atoms with E-state index in [-0.39, 0.29) is 0 Å². The lowest BCUT2D eigenvalue weighted by molar-refractivity contribution is 1.01. The number of nitrogens with one attached hydrogen (secondary N) is 3. The first kappa shape index (κ1) is 17.1. The van der Waals surface area contributed by atoms with Crippen LogP contribution in [0.2, 0.25) is 0 Å². The number of benzene rings is 2. The molecular weight excluding hydrogens is 334 g/mol. The second-order valence-corrected chi connectivity index (χ2v) is 6.44. The minimum atomic E-state index is 0.605. The summed E-state index contributed by atoms with van der Waals surface area (Å²) >= 11 is 0. The highest BCUT2D eigenvalue weighted by Gasteiger charge is 2.05. The Morgan fingerprint density at radius 3 is 2.74 bits per heavy atom. The summed E-state index contributed by atoms with van der Waals surface area (Å²) in [6, 6.07) is 18.5. The normalized spacial score (nSPS) is 10.9. The number of aromatic nitrogens is 3. The van der Waals surface area contributed by atoms with Crippen LogP contribution in [0.5, 0.6) is 0 Å². The minimum absolute atomic E-state index is 0.605. The summed E-state index contributed by atoms with van der Waals surface area (Å²) in [7, 11) is 0. The standard InChI is InChI=1S/C22H23N5/c1-2-16-7-3-5-9-19(16)26-22-24-14-12-21(27-22)23-13-11-17-15-25-20-10-6-4-8-18(17)20/h3-10,12,14-15,25H,2,11,13H2,1H3,(H2,23,24,26,27). The first-order valence-electron chi connectivity index (χ1n) is 9.30. The fourth-order valence-electron chi connectivity index (χ4n) is 3.25. The topological polar surface area (TPSA) is 65.6 Å². The molecule has 5 heteroatoms. The largest absolute Gasteiger partial charge is 0.370 e. The van der Waals surface area contributed by atoms with Crippen LogP contribution in [0.3, 0.4) is 0 Å². The molecule has 2 aromatic heterocycles. The third-order valence-corrected chi connectivity index (χ3v) is 4.68. The Kier molecular flexibility index (Phi) is 5.01. The molecule has 0 saturated heterocycles. The number of anilines is 3. The fourth-order valence-corrected chi connectivity index (χ4v) is 3.25. The highest BCUT2D eigenvalue weighted by Crippen LogP contribution is 2.20. The van der Waals surface area contributed by atoms with Gasteiger partial charge in [-0.15, -0.1) is 0 Å². The average Bonchev–Trinajstić information content (AvgIpc) is 3.12. The molecule has 3 N–H and O–H groups in total. The van der Waals surface area contributed by atoms with Crippen LogP contribution >= 0.6 is 0 Å². The molecule has 27 heavy (non-hydrogen) atoms. The molecule has 136 valence electrons. The summed E-state index contributed by atoms with van der Waals surface area (Å²) in [5.41, 5.74) is 4.78. The molecule has 4 aromatic rings. The van der Waals surface area contributed by atoms with Crippen LogP contribution in [0, 0.1) is 0 Å². The van der Waals surface area contributed by atoms with E-state index < -0.39 is 0 Å². The monoisotopic (exact) mass is 357 g/mol. The number of H-pyrrole nitrogens is 1. The second kappa shape index (κ2) is 7.91. The van der Waals surface area contributed by atoms with Gasteiger partial charge in [-0.3, -0.25) is 0 Å². The van der Waals surface area contributed by atoms with Crippen LogP contribution in [0.4, 0.5) is 17.5 Å². The molecule has 0 fully saturated rings. The number of aromatic amines is 1. The Balaban J connectivity index is 1.41. The summed E-state index contributed by atoms with van der Waals surface area (Å²) in [6.07, 6.45) is 5.75. The van der Waals surface area contributed by atoms with Crippen molar-refractivity contribution in [1.29, 1.82) is 0 Å². The number of para-hydroxylation sites is 2. The molecule has 0 aliphatic rings. The zero-order valence-electron chi connectivity index (χ0n) is 15.4. The lowest BCUT2D eigenvalue weighted by Crippen LogP contribution is -2.08. The van der Waals surface area contributed by atoms with Crippen LogP contribution < -0.4 is 10.6 Å². The molecule has 2 heterocycles. The number of hydrogen-bond donors (Lipinski definition) is 3. The van der Waals surface area contributed by atoms with Gasteiger partial charge >= 0.3 is 0 Å². The van der Waals surface area contributed by atoms with Crippen molar-refractivity contribution >= 4 is 28.4 Å². The van der Waals surface area contributed by atoms with Crippen molar-refractivity contribution in [2.45, 2.75) is 19.8 Å². The number of fused-ring (bicyclic) bond motifs is 1. The van der Waals surface area contributed by atoms with Crippen LogP contribution in [0.1, 0.15) is 18.1 Å². The van der Waals surface area contributed by atoms with Gasteiger partial charge in [-0.1, -0.05) is 43.3 Å². The molecule has 0 spiro atoms. The summed E-state index contributed by atoms with van der Waals surface area (Å²) < 4.78 is 0. The van der Waals surface area contributed by atoms with Crippen molar-refractivity contribution in [2.24, 2.45) is 0 Å². The summed E-state index contributed by atoms with van der Waals surface area (Å²) in [4.78, 5) is 12.2. The molecule has 0 aliphatic heterocycles. The Morgan fingerprint density at radius 1 is 0.963 bits per heavy atom. The van der Waals surface area contributed by atoms with Crippen LogP contribution in [0.25, 0.3) is 10.9 Å². The third-order valence-electron chi connectivity index (χ3n) is 4.68. The van der Waals surface area contributed by atoms with Gasteiger partial charge in [-0.05, 0) is 42.2 Å². The van der Waals surface area contributed by atoms with Crippen LogP contribution in [-0.4, -0.2) is 21.5 Å². The first-order valence-corrected chi connectivity index (χ1v) is 9.30. The van der Waals surface area contributed by atoms with E-state index in [0.29, 0.717) is 5.95 Å². The maximum absolute atomic E-state index is 4.58. The Labute approximate surface area is 158 Å². The van der Waals surface area contributed by atoms with Crippen molar-refractivity contribution in [3.05, 3.63) is 78.1 Å². The average molecular weight is 357 g/mol. The van der Waals surface area contributed by atoms with Crippen LogP contribution in [-0.2, 0) is 12.8 Å². The SMILES string of the molecule is CCc1ccccc1Nc1nccc(NCCc2c[nH]c3ccccc23)n1. The van der Waals surface area contributed by atoms with Crippen molar-refractivity contribution in [3.8, 4) is 0 Å². The second-order valence-electron chi connectivity index (χ2n) is 6.44. The summed E-state index contributed by atoms with van der Waals surface area (Å²) in [5, 5.41) is 8.00. The number of nitrogens with zero attached hydrogens (tertiary/aromatic N) is 2. The van der Waals surface area contributed by atoms with Crippen molar-refractivity contribution in [3.63, 3.8) is 0 Å². The van der Waals surface area contributed by atoms with E-state index in [9.17, 15) is 0 Å². The molecule has 4 rings (SSSR count). The summed E-state index contributed by atoms with van der Waals surface area (Å²) in [5.74, 6) is 1.43. The van der Waals surface area contributed by atoms with Gasteiger partial charge in [0.25, 0.3) is 0 Å². The molecule has 0 amide bonds. The number of hydrogen-bond acceptors (Lipinski definition) is 4. The zero-order valence-corrected chi connectivity index (χ0v) is 15.4. The first-order chi connectivity index (χ1) is 13.3. The Morgan fingerprint density at radius 2 is 1.81 bits per heavy atom. The lowest BCUT2D eigenvalue weighted by Gasteiger charge is -2.11. The maximum atomic E-state index is 4.58. The van der Waals surface area contributed by atoms with Gasteiger partial charge < -0.3 is 15.6 Å². The van der Waals surface area contributed by atoms with Gasteiger partial charge in [0.2, 0.25) is 5.95 Å². The molecule has 0 bridgehead atoms. The van der Waals surface area contributed by atoms with Crippen molar-refractivity contribution in [2.75, 3.05) is 17.2 Å². The van der Waals surface area contributed by atoms with E-state index in [2.05, 4.69) is 69.0 Å². The molecule has 5 nitrogen and oxygen atoms in total. The van der Waals surface area contributed by atoms with Gasteiger partial charge in [0.15, 0.2) is 0 Å². The van der Waals surface area contributed by atoms with Gasteiger partial charge in [0, 0.05) is 35.5 Å². The highest BCUT2D eigenvalue weighted by atomic mass is 15.1. The predicted molar refractivity (Wildman–Crippen MR) is 112 cm³/mol. The van der Waals surface area contributed by atoms with E-state index in [1.54, 1.807) is 6.20 Å². The van der Waals surface area contributed by atoms with Crippen molar-refractivity contribution < 1.29 is 0 Å². The molecule has 2 aromatic carbocycles. The Bertz CT molecular complexity index is 1040. The molecule has 0 aliphatic carbocycles. The lowest BCUT2D eigenvalue weighted by atomic mass is 10.1. The van der Waals surface area contributed by atoms with E-state index in [1.807, 2.05) is 24.3 Å². The molecule has 0 unspecified atom stereocenters. The van der Waals surface area contributed by atoms with E-state index >= 15 is 0 Å². The van der Waals surface area contributed by atoms with Crippen molar-refractivity contribution in [1.82, 2.24) is 15.0 Å². The van der Waals surface area contributed by atoms with E-state index in [4.69, 9.17) is 0 Å². The van der Waals surface area contributed by atoms with Crippen LogP contribution in [0.15, 0.2) is 67.0 Å². The van der Waals surface area contributed by atoms with E-state index in [0.717, 1.165) is 30.9 Å². The molecule has 0 saturated carbocycles. The third kappa shape index (κ3) is 3.92. The predicted octanol–water partition coefficient (Wildman–Crippen LogP) is 4.92. The summed E-state index contributed by atoms with van der Waals surface area (Å²) in [6.45, 7) is 2.95. The van der Waals surface area contributed by atoms with Gasteiger partial charge in [0.05, 0.1) is 0 Å². The smallest absolute Gasteiger partial charge is 0.229 e. The molecule has 0 atom stereocenters. The number of rotatable bonds is 7. The molecule has 0 radical (unpaired) electrons. The number of aryl methyl sites for hydroxylation is 1. The zero-order chi connectivity index (χ0) is 18.5. The molecular formula is C22H23N5. The van der Waals surface area contributed by atoms with Gasteiger partial charge in [-0.2, -0.15) is 4.98 Å². The highest BCUT2D eigenvalue weighted by molar-refractivity contribution is 5.83. The fraction of sp³-hybridized carbons (Fsp3) is 0.182. The minimum Gasteiger partial charge on any atom is -0.370 e. The van der Waals surface area contributed by atoms with Gasteiger partial charge in [0.1, 0.15) is 5.82 Å². The maximum Gasteiger partial charge on any atom is 0.229 e. The van der Waals surface area contributed by atoms with E-state index in [1.165, 1.54) is 22.0 Å². The quantitative estimate of drug-likeness (QED) is 0.439.